The Kier molecular flexibility index (Phi) is 5.77. The van der Waals surface area contributed by atoms with Crippen LogP contribution in [-0.4, -0.2) is 60.6 Å². The number of aliphatic hydroxyl groups is 1. The zero-order chi connectivity index (χ0) is 12.0. The summed E-state index contributed by atoms with van der Waals surface area (Å²) in [5.74, 6) is 0.189. The Morgan fingerprint density at radius 1 is 1.38 bits per heavy atom. The highest BCUT2D eigenvalue weighted by molar-refractivity contribution is 5.76. The molecule has 1 N–H and O–H groups in total. The van der Waals surface area contributed by atoms with Gasteiger partial charge in [-0.2, -0.15) is 0 Å². The molecule has 1 aliphatic heterocycles. The number of aliphatic hydroxyl groups excluding tert-OH is 1. The fourth-order valence-corrected chi connectivity index (χ4v) is 2.16. The number of rotatable bonds is 4. The van der Waals surface area contributed by atoms with Gasteiger partial charge in [-0.3, -0.25) is 4.79 Å². The standard InChI is InChI=1S/C12H24N2O2/c1-13(2)9-7-12(16)14-8-5-3-4-6-11(14)10-15/h11,15H,3-10H2,1-2H3. The second-order valence-corrected chi connectivity index (χ2v) is 4.83. The van der Waals surface area contributed by atoms with Gasteiger partial charge in [0.15, 0.2) is 0 Å². The van der Waals surface area contributed by atoms with E-state index in [1.807, 2.05) is 23.9 Å². The maximum atomic E-state index is 12.0. The first-order valence-electron chi connectivity index (χ1n) is 6.20. The van der Waals surface area contributed by atoms with E-state index in [-0.39, 0.29) is 18.6 Å². The first-order chi connectivity index (χ1) is 7.65. The Labute approximate surface area is 98.2 Å². The van der Waals surface area contributed by atoms with Gasteiger partial charge >= 0.3 is 0 Å². The predicted molar refractivity (Wildman–Crippen MR) is 64.2 cm³/mol. The molecule has 0 aliphatic carbocycles. The van der Waals surface area contributed by atoms with Crippen molar-refractivity contribution in [3.05, 3.63) is 0 Å². The Balaban J connectivity index is 2.49. The zero-order valence-corrected chi connectivity index (χ0v) is 10.5. The normalized spacial score (nSPS) is 22.2. The summed E-state index contributed by atoms with van der Waals surface area (Å²) in [6.07, 6.45) is 4.88. The van der Waals surface area contributed by atoms with Crippen molar-refractivity contribution in [3.8, 4) is 0 Å². The fraction of sp³-hybridized carbons (Fsp3) is 0.917. The lowest BCUT2D eigenvalue weighted by Crippen LogP contribution is -2.42. The van der Waals surface area contributed by atoms with Crippen LogP contribution in [0.5, 0.6) is 0 Å². The third kappa shape index (κ3) is 4.10. The van der Waals surface area contributed by atoms with Crippen molar-refractivity contribution < 1.29 is 9.90 Å². The van der Waals surface area contributed by atoms with E-state index in [2.05, 4.69) is 0 Å². The van der Waals surface area contributed by atoms with Crippen molar-refractivity contribution in [2.24, 2.45) is 0 Å². The van der Waals surface area contributed by atoms with Gasteiger partial charge in [-0.15, -0.1) is 0 Å². The summed E-state index contributed by atoms with van der Waals surface area (Å²) in [7, 11) is 3.94. The number of hydrogen-bond donors (Lipinski definition) is 1. The molecule has 1 amide bonds. The SMILES string of the molecule is CN(C)CCC(=O)N1CCCCCC1CO. The number of hydrogen-bond acceptors (Lipinski definition) is 3. The van der Waals surface area contributed by atoms with Crippen LogP contribution in [0.2, 0.25) is 0 Å². The van der Waals surface area contributed by atoms with Gasteiger partial charge in [-0.1, -0.05) is 12.8 Å². The molecule has 1 fully saturated rings. The number of nitrogens with zero attached hydrogens (tertiary/aromatic N) is 2. The maximum Gasteiger partial charge on any atom is 0.224 e. The van der Waals surface area contributed by atoms with E-state index >= 15 is 0 Å². The van der Waals surface area contributed by atoms with E-state index in [9.17, 15) is 9.90 Å². The molecule has 4 heteroatoms. The minimum atomic E-state index is 0.0529. The summed E-state index contributed by atoms with van der Waals surface area (Å²) >= 11 is 0. The molecular weight excluding hydrogens is 204 g/mol. The molecule has 94 valence electrons. The van der Waals surface area contributed by atoms with E-state index in [1.54, 1.807) is 0 Å². The average molecular weight is 228 g/mol. The lowest BCUT2D eigenvalue weighted by Gasteiger charge is -2.29. The predicted octanol–water partition coefficient (Wildman–Crippen LogP) is 0.702. The highest BCUT2D eigenvalue weighted by atomic mass is 16.3. The van der Waals surface area contributed by atoms with E-state index in [4.69, 9.17) is 0 Å². The van der Waals surface area contributed by atoms with Gasteiger partial charge in [0.1, 0.15) is 0 Å². The van der Waals surface area contributed by atoms with Crippen LogP contribution >= 0.6 is 0 Å². The molecule has 1 heterocycles. The van der Waals surface area contributed by atoms with Crippen molar-refractivity contribution >= 4 is 5.91 Å². The summed E-state index contributed by atoms with van der Waals surface area (Å²) in [6.45, 7) is 1.71. The van der Waals surface area contributed by atoms with Crippen molar-refractivity contribution in [1.29, 1.82) is 0 Å². The minimum Gasteiger partial charge on any atom is -0.394 e. The molecule has 0 aromatic carbocycles. The Hall–Kier alpha value is -0.610. The second-order valence-electron chi connectivity index (χ2n) is 4.83. The fourth-order valence-electron chi connectivity index (χ4n) is 2.16. The molecule has 1 atom stereocenters. The van der Waals surface area contributed by atoms with Crippen LogP contribution in [0.15, 0.2) is 0 Å². The summed E-state index contributed by atoms with van der Waals surface area (Å²) in [5.41, 5.74) is 0. The quantitative estimate of drug-likeness (QED) is 0.770. The van der Waals surface area contributed by atoms with E-state index in [0.717, 1.165) is 32.4 Å². The Morgan fingerprint density at radius 2 is 2.12 bits per heavy atom. The van der Waals surface area contributed by atoms with Gasteiger partial charge in [-0.25, -0.2) is 0 Å². The van der Waals surface area contributed by atoms with Crippen LogP contribution < -0.4 is 0 Å². The molecule has 0 spiro atoms. The molecule has 0 radical (unpaired) electrons. The first-order valence-corrected chi connectivity index (χ1v) is 6.20. The summed E-state index contributed by atoms with van der Waals surface area (Å²) in [6, 6.07) is 0.0529. The van der Waals surface area contributed by atoms with Gasteiger partial charge in [-0.05, 0) is 26.9 Å². The largest absolute Gasteiger partial charge is 0.394 e. The first kappa shape index (κ1) is 13.5. The van der Waals surface area contributed by atoms with Crippen molar-refractivity contribution in [2.45, 2.75) is 38.1 Å². The van der Waals surface area contributed by atoms with Crippen LogP contribution in [0, 0.1) is 0 Å². The van der Waals surface area contributed by atoms with Crippen LogP contribution in [0.25, 0.3) is 0 Å². The number of amides is 1. The van der Waals surface area contributed by atoms with E-state index < -0.39 is 0 Å². The van der Waals surface area contributed by atoms with Gasteiger partial charge in [0.2, 0.25) is 5.91 Å². The van der Waals surface area contributed by atoms with Gasteiger partial charge in [0.25, 0.3) is 0 Å². The minimum absolute atomic E-state index is 0.0529. The van der Waals surface area contributed by atoms with Crippen molar-refractivity contribution in [3.63, 3.8) is 0 Å². The third-order valence-corrected chi connectivity index (χ3v) is 3.18. The summed E-state index contributed by atoms with van der Waals surface area (Å²) in [5, 5.41) is 9.31. The molecule has 0 aromatic rings. The molecule has 0 bridgehead atoms. The summed E-state index contributed by atoms with van der Waals surface area (Å²) in [4.78, 5) is 15.9. The van der Waals surface area contributed by atoms with E-state index in [1.165, 1.54) is 6.42 Å². The third-order valence-electron chi connectivity index (χ3n) is 3.18. The molecule has 0 aromatic heterocycles. The van der Waals surface area contributed by atoms with Crippen LogP contribution in [0.3, 0.4) is 0 Å². The number of carbonyl (C=O) groups is 1. The van der Waals surface area contributed by atoms with Crippen LogP contribution in [0.1, 0.15) is 32.1 Å². The Morgan fingerprint density at radius 3 is 2.75 bits per heavy atom. The van der Waals surface area contributed by atoms with Gasteiger partial charge < -0.3 is 14.9 Å². The molecule has 4 nitrogen and oxygen atoms in total. The maximum absolute atomic E-state index is 12.0. The lowest BCUT2D eigenvalue weighted by atomic mass is 10.1. The summed E-state index contributed by atoms with van der Waals surface area (Å²) < 4.78 is 0. The lowest BCUT2D eigenvalue weighted by molar-refractivity contribution is -0.134. The highest BCUT2D eigenvalue weighted by Crippen LogP contribution is 2.17. The van der Waals surface area contributed by atoms with E-state index in [0.29, 0.717) is 6.42 Å². The van der Waals surface area contributed by atoms with Crippen molar-refractivity contribution in [1.82, 2.24) is 9.80 Å². The highest BCUT2D eigenvalue weighted by Gasteiger charge is 2.24. The Bertz CT molecular complexity index is 219. The van der Waals surface area contributed by atoms with Crippen molar-refractivity contribution in [2.75, 3.05) is 33.8 Å². The monoisotopic (exact) mass is 228 g/mol. The molecule has 1 aliphatic rings. The molecule has 1 rings (SSSR count). The van der Waals surface area contributed by atoms with Gasteiger partial charge in [0, 0.05) is 19.5 Å². The zero-order valence-electron chi connectivity index (χ0n) is 10.5. The smallest absolute Gasteiger partial charge is 0.224 e. The van der Waals surface area contributed by atoms with Crippen LogP contribution in [-0.2, 0) is 4.79 Å². The van der Waals surface area contributed by atoms with Crippen LogP contribution in [0.4, 0.5) is 0 Å². The van der Waals surface area contributed by atoms with Gasteiger partial charge in [0.05, 0.1) is 12.6 Å². The topological polar surface area (TPSA) is 43.8 Å². The number of carbonyl (C=O) groups excluding carboxylic acids is 1. The molecular formula is C12H24N2O2. The molecule has 1 saturated heterocycles. The molecule has 0 saturated carbocycles. The second kappa shape index (κ2) is 6.86. The molecule has 16 heavy (non-hydrogen) atoms. The number of likely N-dealkylation sites (tertiary alicyclic amines) is 1. The molecule has 1 unspecified atom stereocenters. The average Bonchev–Trinajstić information content (AvgIpc) is 2.50.